The molecule has 2 aromatic heterocycles. The minimum atomic E-state index is -0.309. The Morgan fingerprint density at radius 2 is 1.79 bits per heavy atom. The summed E-state index contributed by atoms with van der Waals surface area (Å²) >= 11 is 13.2. The molecule has 0 saturated carbocycles. The van der Waals surface area contributed by atoms with Crippen LogP contribution in [0.15, 0.2) is 54.6 Å². The number of anilines is 2. The number of halogens is 2. The first-order chi connectivity index (χ1) is 13.4. The maximum atomic E-state index is 12.7. The second kappa shape index (κ2) is 7.43. The van der Waals surface area contributed by atoms with Gasteiger partial charge in [-0.1, -0.05) is 53.0 Å². The number of carbonyl (C=O) groups excluding carboxylic acids is 1. The molecule has 4 aromatic rings. The molecule has 4 rings (SSSR count). The Hall–Kier alpha value is -2.60. The number of pyridine rings is 1. The molecular weight excluding hydrogens is 413 g/mol. The van der Waals surface area contributed by atoms with Crippen molar-refractivity contribution in [3.8, 4) is 11.3 Å². The number of hydrogen-bond acceptors (Lipinski definition) is 4. The first-order valence-electron chi connectivity index (χ1n) is 8.45. The molecule has 0 radical (unpaired) electrons. The SMILES string of the molecule is Cc1ccc(-c2ccc3c(N)c(C(=O)Nc4ccc(Cl)c(Cl)c4)sc3n2)cc1. The van der Waals surface area contributed by atoms with Gasteiger partial charge in [0.15, 0.2) is 0 Å². The van der Waals surface area contributed by atoms with Gasteiger partial charge in [-0.05, 0) is 37.3 Å². The summed E-state index contributed by atoms with van der Waals surface area (Å²) in [5.41, 5.74) is 10.2. The molecule has 0 bridgehead atoms. The Balaban J connectivity index is 1.67. The number of thiophene rings is 1. The average Bonchev–Trinajstić information content (AvgIpc) is 3.01. The van der Waals surface area contributed by atoms with E-state index in [4.69, 9.17) is 33.9 Å². The smallest absolute Gasteiger partial charge is 0.267 e. The highest BCUT2D eigenvalue weighted by Gasteiger charge is 2.18. The lowest BCUT2D eigenvalue weighted by Gasteiger charge is -2.05. The number of nitrogens with one attached hydrogen (secondary N) is 1. The van der Waals surface area contributed by atoms with Crippen molar-refractivity contribution in [3.05, 3.63) is 75.1 Å². The quantitative estimate of drug-likeness (QED) is 0.396. The summed E-state index contributed by atoms with van der Waals surface area (Å²) in [6.07, 6.45) is 0. The van der Waals surface area contributed by atoms with Gasteiger partial charge in [0, 0.05) is 16.6 Å². The first kappa shape index (κ1) is 18.7. The second-order valence-electron chi connectivity index (χ2n) is 6.34. The van der Waals surface area contributed by atoms with E-state index >= 15 is 0 Å². The van der Waals surface area contributed by atoms with Crippen LogP contribution in [0, 0.1) is 6.92 Å². The topological polar surface area (TPSA) is 68.0 Å². The van der Waals surface area contributed by atoms with Crippen LogP contribution in [-0.2, 0) is 0 Å². The van der Waals surface area contributed by atoms with Crippen molar-refractivity contribution in [2.75, 3.05) is 11.1 Å². The third-order valence-corrected chi connectivity index (χ3v) is 6.18. The summed E-state index contributed by atoms with van der Waals surface area (Å²) in [7, 11) is 0. The molecular formula is C21H15Cl2N3OS. The highest BCUT2D eigenvalue weighted by atomic mass is 35.5. The van der Waals surface area contributed by atoms with Gasteiger partial charge in [-0.25, -0.2) is 4.98 Å². The van der Waals surface area contributed by atoms with Crippen molar-refractivity contribution >= 4 is 62.0 Å². The Kier molecular flexibility index (Phi) is 4.98. The first-order valence-corrected chi connectivity index (χ1v) is 10.0. The normalized spacial score (nSPS) is 11.0. The predicted molar refractivity (Wildman–Crippen MR) is 119 cm³/mol. The van der Waals surface area contributed by atoms with Crippen LogP contribution < -0.4 is 11.1 Å². The van der Waals surface area contributed by atoms with Gasteiger partial charge in [-0.2, -0.15) is 0 Å². The molecule has 2 aromatic carbocycles. The predicted octanol–water partition coefficient (Wildman–Crippen LogP) is 6.41. The van der Waals surface area contributed by atoms with E-state index in [2.05, 4.69) is 5.32 Å². The Labute approximate surface area is 175 Å². The molecule has 0 fully saturated rings. The molecule has 28 heavy (non-hydrogen) atoms. The molecule has 1 amide bonds. The molecule has 7 heteroatoms. The summed E-state index contributed by atoms with van der Waals surface area (Å²) in [5.74, 6) is -0.309. The number of benzene rings is 2. The Morgan fingerprint density at radius 1 is 1.04 bits per heavy atom. The minimum absolute atomic E-state index is 0.309. The van der Waals surface area contributed by atoms with Crippen LogP contribution in [0.2, 0.25) is 10.0 Å². The number of nitrogens with zero attached hydrogens (tertiary/aromatic N) is 1. The number of fused-ring (bicyclic) bond motifs is 1. The van der Waals surface area contributed by atoms with E-state index in [0.717, 1.165) is 21.5 Å². The van der Waals surface area contributed by atoms with Crippen LogP contribution in [0.5, 0.6) is 0 Å². The van der Waals surface area contributed by atoms with E-state index in [1.54, 1.807) is 18.2 Å². The van der Waals surface area contributed by atoms with Crippen LogP contribution in [0.4, 0.5) is 11.4 Å². The van der Waals surface area contributed by atoms with E-state index in [1.807, 2.05) is 43.3 Å². The highest BCUT2D eigenvalue weighted by Crippen LogP contribution is 2.35. The molecule has 0 spiro atoms. The number of aryl methyl sites for hydroxylation is 1. The van der Waals surface area contributed by atoms with E-state index in [0.29, 0.717) is 26.3 Å². The van der Waals surface area contributed by atoms with Gasteiger partial charge in [-0.15, -0.1) is 11.3 Å². The number of amides is 1. The van der Waals surface area contributed by atoms with Crippen molar-refractivity contribution in [1.29, 1.82) is 0 Å². The van der Waals surface area contributed by atoms with Gasteiger partial charge in [0.05, 0.1) is 21.4 Å². The number of carbonyl (C=O) groups is 1. The fraction of sp³-hybridized carbons (Fsp3) is 0.0476. The van der Waals surface area contributed by atoms with Crippen molar-refractivity contribution < 1.29 is 4.79 Å². The fourth-order valence-electron chi connectivity index (χ4n) is 2.81. The third kappa shape index (κ3) is 3.56. The Bertz CT molecular complexity index is 1200. The summed E-state index contributed by atoms with van der Waals surface area (Å²) in [5, 5.41) is 4.36. The molecule has 4 nitrogen and oxygen atoms in total. The molecule has 140 valence electrons. The van der Waals surface area contributed by atoms with E-state index in [-0.39, 0.29) is 5.91 Å². The monoisotopic (exact) mass is 427 g/mol. The number of nitrogens with two attached hydrogens (primary N) is 1. The lowest BCUT2D eigenvalue weighted by atomic mass is 10.1. The number of hydrogen-bond donors (Lipinski definition) is 2. The zero-order chi connectivity index (χ0) is 19.8. The van der Waals surface area contributed by atoms with Crippen LogP contribution in [0.1, 0.15) is 15.2 Å². The van der Waals surface area contributed by atoms with E-state index < -0.39 is 0 Å². The maximum absolute atomic E-state index is 12.7. The van der Waals surface area contributed by atoms with Crippen molar-refractivity contribution in [3.63, 3.8) is 0 Å². The summed E-state index contributed by atoms with van der Waals surface area (Å²) < 4.78 is 0. The molecule has 0 aliphatic heterocycles. The molecule has 2 heterocycles. The number of aromatic nitrogens is 1. The molecule has 0 aliphatic rings. The van der Waals surface area contributed by atoms with Crippen LogP contribution >= 0.6 is 34.5 Å². The van der Waals surface area contributed by atoms with Gasteiger partial charge in [0.25, 0.3) is 5.91 Å². The van der Waals surface area contributed by atoms with Crippen molar-refractivity contribution in [2.45, 2.75) is 6.92 Å². The number of rotatable bonds is 3. The molecule has 0 unspecified atom stereocenters. The zero-order valence-electron chi connectivity index (χ0n) is 14.8. The van der Waals surface area contributed by atoms with Crippen molar-refractivity contribution in [2.24, 2.45) is 0 Å². The van der Waals surface area contributed by atoms with Gasteiger partial charge < -0.3 is 11.1 Å². The van der Waals surface area contributed by atoms with E-state index in [9.17, 15) is 4.79 Å². The molecule has 3 N–H and O–H groups in total. The van der Waals surface area contributed by atoms with Crippen LogP contribution in [0.25, 0.3) is 21.5 Å². The summed E-state index contributed by atoms with van der Waals surface area (Å²) in [6, 6.07) is 16.9. The standard InChI is InChI=1S/C21H15Cl2N3OS/c1-11-2-4-12(5-3-11)17-9-7-14-18(24)19(28-21(14)26-17)20(27)25-13-6-8-15(22)16(23)10-13/h2-10H,24H2,1H3,(H,25,27). The molecule has 0 aliphatic carbocycles. The fourth-order valence-corrected chi connectivity index (χ4v) is 4.10. The Morgan fingerprint density at radius 3 is 2.50 bits per heavy atom. The van der Waals surface area contributed by atoms with Gasteiger partial charge in [-0.3, -0.25) is 4.79 Å². The largest absolute Gasteiger partial charge is 0.397 e. The van der Waals surface area contributed by atoms with Crippen molar-refractivity contribution in [1.82, 2.24) is 4.98 Å². The zero-order valence-corrected chi connectivity index (χ0v) is 17.1. The van der Waals surface area contributed by atoms with Gasteiger partial charge >= 0.3 is 0 Å². The van der Waals surface area contributed by atoms with Gasteiger partial charge in [0.1, 0.15) is 9.71 Å². The summed E-state index contributed by atoms with van der Waals surface area (Å²) in [6.45, 7) is 2.04. The summed E-state index contributed by atoms with van der Waals surface area (Å²) in [4.78, 5) is 18.5. The maximum Gasteiger partial charge on any atom is 0.267 e. The lowest BCUT2D eigenvalue weighted by molar-refractivity contribution is 0.103. The number of nitrogen functional groups attached to an aromatic ring is 1. The van der Waals surface area contributed by atoms with Gasteiger partial charge in [0.2, 0.25) is 0 Å². The lowest BCUT2D eigenvalue weighted by Crippen LogP contribution is -2.11. The molecule has 0 saturated heterocycles. The minimum Gasteiger partial charge on any atom is -0.397 e. The molecule has 0 atom stereocenters. The van der Waals surface area contributed by atoms with E-state index in [1.165, 1.54) is 16.9 Å². The third-order valence-electron chi connectivity index (χ3n) is 4.32. The van der Waals surface area contributed by atoms with Crippen LogP contribution in [-0.4, -0.2) is 10.9 Å². The average molecular weight is 428 g/mol. The second-order valence-corrected chi connectivity index (χ2v) is 8.16. The highest BCUT2D eigenvalue weighted by molar-refractivity contribution is 7.21. The van der Waals surface area contributed by atoms with Crippen LogP contribution in [0.3, 0.4) is 0 Å².